The highest BCUT2D eigenvalue weighted by atomic mass is 35.5. The molecule has 0 amide bonds. The number of allylic oxidation sites excluding steroid dienone is 4. The Bertz CT molecular complexity index is 116. The summed E-state index contributed by atoms with van der Waals surface area (Å²) in [5.74, 6) is 0. The van der Waals surface area contributed by atoms with Gasteiger partial charge in [0.1, 0.15) is 0 Å². The van der Waals surface area contributed by atoms with Crippen molar-refractivity contribution in [3.8, 4) is 0 Å². The number of rotatable bonds is 1. The van der Waals surface area contributed by atoms with Crippen molar-refractivity contribution in [3.05, 3.63) is 22.8 Å². The summed E-state index contributed by atoms with van der Waals surface area (Å²) in [6.07, 6.45) is 3.81. The summed E-state index contributed by atoms with van der Waals surface area (Å²) in [7, 11) is 0. The van der Waals surface area contributed by atoms with Gasteiger partial charge < -0.3 is 0 Å². The van der Waals surface area contributed by atoms with Gasteiger partial charge >= 0.3 is 0 Å². The molecule has 8 heavy (non-hydrogen) atoms. The third-order valence-electron chi connectivity index (χ3n) is 0.791. The quantitative estimate of drug-likeness (QED) is 0.479. The topological polar surface area (TPSA) is 0 Å². The highest BCUT2D eigenvalue weighted by Crippen LogP contribution is 2.08. The minimum Gasteiger partial charge on any atom is -0.0862 e. The van der Waals surface area contributed by atoms with Crippen LogP contribution in [-0.2, 0) is 0 Å². The second kappa shape index (κ2) is 3.73. The van der Waals surface area contributed by atoms with Crippen LogP contribution in [0.4, 0.5) is 0 Å². The first-order valence-electron chi connectivity index (χ1n) is 2.64. The van der Waals surface area contributed by atoms with E-state index >= 15 is 0 Å². The molecule has 46 valence electrons. The minimum atomic E-state index is 0.840. The Hall–Kier alpha value is -0.230. The van der Waals surface area contributed by atoms with Crippen molar-refractivity contribution in [2.24, 2.45) is 0 Å². The average Bonchev–Trinajstić information content (AvgIpc) is 1.67. The normalized spacial score (nSPS) is 10.0. The van der Waals surface area contributed by atoms with Crippen LogP contribution in [0.15, 0.2) is 22.8 Å². The van der Waals surface area contributed by atoms with Crippen LogP contribution in [0.5, 0.6) is 0 Å². The summed E-state index contributed by atoms with van der Waals surface area (Å²) >= 11 is 5.71. The zero-order valence-corrected chi connectivity index (χ0v) is 6.29. The van der Waals surface area contributed by atoms with E-state index < -0.39 is 0 Å². The molecule has 0 aliphatic rings. The lowest BCUT2D eigenvalue weighted by molar-refractivity contribution is 1.37. The molecule has 0 bridgehead atoms. The molecule has 0 nitrogen and oxygen atoms in total. The molecule has 0 aliphatic heterocycles. The SMILES string of the molecule is C/C=C\C(Cl)=C(C)C. The Labute approximate surface area is 55.9 Å². The van der Waals surface area contributed by atoms with Gasteiger partial charge in [0.05, 0.1) is 0 Å². The lowest BCUT2D eigenvalue weighted by atomic mass is 10.3. The Kier molecular flexibility index (Phi) is 3.63. The van der Waals surface area contributed by atoms with E-state index in [0.717, 1.165) is 10.6 Å². The van der Waals surface area contributed by atoms with E-state index in [4.69, 9.17) is 11.6 Å². The van der Waals surface area contributed by atoms with Gasteiger partial charge in [0.15, 0.2) is 0 Å². The third kappa shape index (κ3) is 2.86. The van der Waals surface area contributed by atoms with Gasteiger partial charge in [0.25, 0.3) is 0 Å². The number of halogens is 1. The van der Waals surface area contributed by atoms with E-state index in [0.29, 0.717) is 0 Å². The first kappa shape index (κ1) is 7.77. The van der Waals surface area contributed by atoms with Crippen molar-refractivity contribution in [2.45, 2.75) is 20.8 Å². The summed E-state index contributed by atoms with van der Waals surface area (Å²) in [4.78, 5) is 0. The molecule has 0 heterocycles. The zero-order chi connectivity index (χ0) is 6.57. The van der Waals surface area contributed by atoms with Crippen molar-refractivity contribution in [1.82, 2.24) is 0 Å². The largest absolute Gasteiger partial charge is 0.0862 e. The van der Waals surface area contributed by atoms with Crippen LogP contribution in [0.3, 0.4) is 0 Å². The molecule has 0 saturated heterocycles. The maximum Gasteiger partial charge on any atom is 0.0389 e. The van der Waals surface area contributed by atoms with E-state index in [1.165, 1.54) is 0 Å². The lowest BCUT2D eigenvalue weighted by Crippen LogP contribution is -1.67. The fourth-order valence-corrected chi connectivity index (χ4v) is 0.439. The average molecular weight is 131 g/mol. The van der Waals surface area contributed by atoms with Crippen molar-refractivity contribution in [2.75, 3.05) is 0 Å². The highest BCUT2D eigenvalue weighted by molar-refractivity contribution is 6.31. The van der Waals surface area contributed by atoms with E-state index in [9.17, 15) is 0 Å². The van der Waals surface area contributed by atoms with Crippen molar-refractivity contribution in [1.29, 1.82) is 0 Å². The van der Waals surface area contributed by atoms with Gasteiger partial charge in [0.2, 0.25) is 0 Å². The standard InChI is InChI=1S/C7H11Cl/c1-4-5-7(8)6(2)3/h4-5H,1-3H3/b5-4-. The van der Waals surface area contributed by atoms with Gasteiger partial charge in [-0.3, -0.25) is 0 Å². The van der Waals surface area contributed by atoms with Gasteiger partial charge in [-0.25, -0.2) is 0 Å². The predicted octanol–water partition coefficient (Wildman–Crippen LogP) is 3.10. The van der Waals surface area contributed by atoms with Crippen molar-refractivity contribution < 1.29 is 0 Å². The monoisotopic (exact) mass is 130 g/mol. The van der Waals surface area contributed by atoms with Gasteiger partial charge in [-0.15, -0.1) is 0 Å². The molecule has 1 heteroatoms. The van der Waals surface area contributed by atoms with Gasteiger partial charge in [-0.05, 0) is 26.8 Å². The Morgan fingerprint density at radius 1 is 1.38 bits per heavy atom. The first-order chi connectivity index (χ1) is 3.68. The molecular weight excluding hydrogens is 120 g/mol. The van der Waals surface area contributed by atoms with E-state index in [1.807, 2.05) is 32.9 Å². The number of hydrogen-bond donors (Lipinski definition) is 0. The Morgan fingerprint density at radius 3 is 2.00 bits per heavy atom. The van der Waals surface area contributed by atoms with E-state index in [1.54, 1.807) is 0 Å². The molecule has 0 fully saturated rings. The molecule has 0 spiro atoms. The first-order valence-corrected chi connectivity index (χ1v) is 3.02. The Balaban J connectivity index is 4.00. The summed E-state index contributed by atoms with van der Waals surface area (Å²) in [5, 5.41) is 0.840. The molecule has 0 rings (SSSR count). The van der Waals surface area contributed by atoms with Crippen molar-refractivity contribution in [3.63, 3.8) is 0 Å². The van der Waals surface area contributed by atoms with Crippen LogP contribution in [-0.4, -0.2) is 0 Å². The van der Waals surface area contributed by atoms with E-state index in [2.05, 4.69) is 0 Å². The summed E-state index contributed by atoms with van der Waals surface area (Å²) in [6, 6.07) is 0. The highest BCUT2D eigenvalue weighted by Gasteiger charge is 1.83. The molecule has 0 saturated carbocycles. The molecule has 0 N–H and O–H groups in total. The molecule has 0 aromatic carbocycles. The lowest BCUT2D eigenvalue weighted by Gasteiger charge is -1.88. The Morgan fingerprint density at radius 2 is 1.88 bits per heavy atom. The van der Waals surface area contributed by atoms with Gasteiger partial charge in [0, 0.05) is 5.03 Å². The zero-order valence-electron chi connectivity index (χ0n) is 5.53. The summed E-state index contributed by atoms with van der Waals surface area (Å²) in [5.41, 5.74) is 1.16. The molecule has 0 aliphatic carbocycles. The van der Waals surface area contributed by atoms with Crippen molar-refractivity contribution >= 4 is 11.6 Å². The molecule has 0 unspecified atom stereocenters. The second-order valence-electron chi connectivity index (χ2n) is 1.85. The van der Waals surface area contributed by atoms with E-state index in [-0.39, 0.29) is 0 Å². The third-order valence-corrected chi connectivity index (χ3v) is 1.29. The smallest absolute Gasteiger partial charge is 0.0389 e. The maximum atomic E-state index is 5.71. The fourth-order valence-electron chi connectivity index (χ4n) is 0.313. The van der Waals surface area contributed by atoms with Crippen LogP contribution in [0.1, 0.15) is 20.8 Å². The van der Waals surface area contributed by atoms with Crippen LogP contribution in [0, 0.1) is 0 Å². The molecular formula is C7H11Cl. The maximum absolute atomic E-state index is 5.71. The van der Waals surface area contributed by atoms with Gasteiger partial charge in [-0.1, -0.05) is 23.3 Å². The summed E-state index contributed by atoms with van der Waals surface area (Å²) < 4.78 is 0. The molecule has 0 atom stereocenters. The van der Waals surface area contributed by atoms with Gasteiger partial charge in [-0.2, -0.15) is 0 Å². The second-order valence-corrected chi connectivity index (χ2v) is 2.26. The molecule has 0 radical (unpaired) electrons. The van der Waals surface area contributed by atoms with Crippen LogP contribution < -0.4 is 0 Å². The minimum absolute atomic E-state index is 0.840. The van der Waals surface area contributed by atoms with Crippen LogP contribution in [0.2, 0.25) is 0 Å². The summed E-state index contributed by atoms with van der Waals surface area (Å²) in [6.45, 7) is 5.93. The molecule has 0 aromatic heterocycles. The van der Waals surface area contributed by atoms with Crippen LogP contribution in [0.25, 0.3) is 0 Å². The fraction of sp³-hybridized carbons (Fsp3) is 0.429. The predicted molar refractivity (Wildman–Crippen MR) is 39.0 cm³/mol. The molecule has 0 aromatic rings. The van der Waals surface area contributed by atoms with Crippen LogP contribution >= 0.6 is 11.6 Å². The number of hydrogen-bond acceptors (Lipinski definition) is 0.